The summed E-state index contributed by atoms with van der Waals surface area (Å²) in [5.41, 5.74) is 1.69. The van der Waals surface area contributed by atoms with Gasteiger partial charge in [0.05, 0.1) is 19.3 Å². The lowest BCUT2D eigenvalue weighted by atomic mass is 10.1. The minimum atomic E-state index is -0.355. The zero-order valence-corrected chi connectivity index (χ0v) is 10.7. The summed E-state index contributed by atoms with van der Waals surface area (Å²) in [5, 5.41) is 8.96. The Labute approximate surface area is 106 Å². The number of nitriles is 1. The maximum atomic E-state index is 11.4. The standard InChI is InChI=1S/C14H15NO3/c1-4-18-14(16)10(2)7-11-5-6-13(17-3)12(8-11)9-15/h5-8H,4H2,1-3H3/b10-7+. The first kappa shape index (κ1) is 13.8. The number of hydrogen-bond donors (Lipinski definition) is 0. The molecule has 94 valence electrons. The average molecular weight is 245 g/mol. The van der Waals surface area contributed by atoms with Crippen molar-refractivity contribution in [3.63, 3.8) is 0 Å². The largest absolute Gasteiger partial charge is 0.495 e. The Hall–Kier alpha value is -2.28. The molecule has 0 aromatic heterocycles. The Morgan fingerprint density at radius 1 is 1.50 bits per heavy atom. The molecule has 0 fully saturated rings. The van der Waals surface area contributed by atoms with E-state index >= 15 is 0 Å². The highest BCUT2D eigenvalue weighted by atomic mass is 16.5. The van der Waals surface area contributed by atoms with E-state index in [1.807, 2.05) is 6.07 Å². The van der Waals surface area contributed by atoms with E-state index in [0.29, 0.717) is 23.5 Å². The van der Waals surface area contributed by atoms with Crippen LogP contribution in [0.2, 0.25) is 0 Å². The summed E-state index contributed by atoms with van der Waals surface area (Å²) in [6.07, 6.45) is 1.68. The van der Waals surface area contributed by atoms with Crippen LogP contribution in [0.1, 0.15) is 25.0 Å². The molecule has 1 rings (SSSR count). The zero-order valence-electron chi connectivity index (χ0n) is 10.7. The van der Waals surface area contributed by atoms with Crippen molar-refractivity contribution in [1.29, 1.82) is 5.26 Å². The fourth-order valence-corrected chi connectivity index (χ4v) is 1.46. The Bertz CT molecular complexity index is 512. The van der Waals surface area contributed by atoms with Crippen LogP contribution in [-0.4, -0.2) is 19.7 Å². The minimum Gasteiger partial charge on any atom is -0.495 e. The second-order valence-electron chi connectivity index (χ2n) is 3.62. The summed E-state index contributed by atoms with van der Waals surface area (Å²) in [6.45, 7) is 3.77. The molecule has 4 nitrogen and oxygen atoms in total. The lowest BCUT2D eigenvalue weighted by Crippen LogP contribution is -2.04. The van der Waals surface area contributed by atoms with Crippen LogP contribution in [0.4, 0.5) is 0 Å². The summed E-state index contributed by atoms with van der Waals surface area (Å²) >= 11 is 0. The van der Waals surface area contributed by atoms with Gasteiger partial charge in [0.25, 0.3) is 0 Å². The van der Waals surface area contributed by atoms with Crippen molar-refractivity contribution >= 4 is 12.0 Å². The second kappa shape index (κ2) is 6.45. The molecular weight excluding hydrogens is 230 g/mol. The number of rotatable bonds is 4. The first-order valence-electron chi connectivity index (χ1n) is 5.56. The highest BCUT2D eigenvalue weighted by molar-refractivity contribution is 5.93. The van der Waals surface area contributed by atoms with Crippen molar-refractivity contribution in [3.8, 4) is 11.8 Å². The molecule has 1 aromatic carbocycles. The van der Waals surface area contributed by atoms with E-state index in [9.17, 15) is 4.79 Å². The van der Waals surface area contributed by atoms with Crippen LogP contribution in [0, 0.1) is 11.3 Å². The number of esters is 1. The SMILES string of the molecule is CCOC(=O)/C(C)=C/c1ccc(OC)c(C#N)c1. The molecule has 1 aromatic rings. The minimum absolute atomic E-state index is 0.343. The summed E-state index contributed by atoms with van der Waals surface area (Å²) in [6, 6.07) is 7.19. The average Bonchev–Trinajstić information content (AvgIpc) is 2.38. The lowest BCUT2D eigenvalue weighted by Gasteiger charge is -2.04. The first-order chi connectivity index (χ1) is 8.62. The summed E-state index contributed by atoms with van der Waals surface area (Å²) < 4.78 is 9.93. The number of hydrogen-bond acceptors (Lipinski definition) is 4. The van der Waals surface area contributed by atoms with Gasteiger partial charge in [-0.3, -0.25) is 0 Å². The van der Waals surface area contributed by atoms with Gasteiger partial charge >= 0.3 is 5.97 Å². The molecule has 0 atom stereocenters. The third kappa shape index (κ3) is 3.36. The van der Waals surface area contributed by atoms with Crippen molar-refractivity contribution in [2.45, 2.75) is 13.8 Å². The van der Waals surface area contributed by atoms with Gasteiger partial charge in [0, 0.05) is 5.57 Å². The van der Waals surface area contributed by atoms with Gasteiger partial charge in [0.2, 0.25) is 0 Å². The van der Waals surface area contributed by atoms with Gasteiger partial charge in [0.1, 0.15) is 11.8 Å². The number of ether oxygens (including phenoxy) is 2. The smallest absolute Gasteiger partial charge is 0.333 e. The second-order valence-corrected chi connectivity index (χ2v) is 3.62. The van der Waals surface area contributed by atoms with Crippen LogP contribution >= 0.6 is 0 Å². The molecule has 0 aliphatic heterocycles. The maximum Gasteiger partial charge on any atom is 0.333 e. The van der Waals surface area contributed by atoms with Crippen LogP contribution < -0.4 is 4.74 Å². The molecule has 4 heteroatoms. The number of carbonyl (C=O) groups excluding carboxylic acids is 1. The highest BCUT2D eigenvalue weighted by Gasteiger charge is 2.06. The fraction of sp³-hybridized carbons (Fsp3) is 0.286. The fourth-order valence-electron chi connectivity index (χ4n) is 1.46. The van der Waals surface area contributed by atoms with Gasteiger partial charge in [-0.25, -0.2) is 4.79 Å². The van der Waals surface area contributed by atoms with Gasteiger partial charge in [-0.2, -0.15) is 5.26 Å². The molecule has 0 saturated carbocycles. The van der Waals surface area contributed by atoms with Crippen LogP contribution in [0.15, 0.2) is 23.8 Å². The number of benzene rings is 1. The van der Waals surface area contributed by atoms with Crippen molar-refractivity contribution in [2.24, 2.45) is 0 Å². The molecule has 18 heavy (non-hydrogen) atoms. The van der Waals surface area contributed by atoms with E-state index in [0.717, 1.165) is 5.56 Å². The Kier molecular flexibility index (Phi) is 4.94. The molecule has 0 unspecified atom stereocenters. The van der Waals surface area contributed by atoms with Crippen LogP contribution in [-0.2, 0) is 9.53 Å². The van der Waals surface area contributed by atoms with Crippen LogP contribution in [0.25, 0.3) is 6.08 Å². The highest BCUT2D eigenvalue weighted by Crippen LogP contribution is 2.20. The zero-order chi connectivity index (χ0) is 13.5. The van der Waals surface area contributed by atoms with E-state index in [-0.39, 0.29) is 5.97 Å². The van der Waals surface area contributed by atoms with Gasteiger partial charge < -0.3 is 9.47 Å². The summed E-state index contributed by atoms with van der Waals surface area (Å²) in [7, 11) is 1.51. The van der Waals surface area contributed by atoms with E-state index in [1.165, 1.54) is 7.11 Å². The molecule has 0 bridgehead atoms. The van der Waals surface area contributed by atoms with Gasteiger partial charge in [-0.1, -0.05) is 6.07 Å². The monoisotopic (exact) mass is 245 g/mol. The number of carbonyl (C=O) groups is 1. The quantitative estimate of drug-likeness (QED) is 0.604. The summed E-state index contributed by atoms with van der Waals surface area (Å²) in [5.74, 6) is 0.162. The molecule has 0 N–H and O–H groups in total. The molecule has 0 heterocycles. The van der Waals surface area contributed by atoms with Crippen molar-refractivity contribution in [1.82, 2.24) is 0 Å². The number of nitrogens with zero attached hydrogens (tertiary/aromatic N) is 1. The van der Waals surface area contributed by atoms with Crippen LogP contribution in [0.5, 0.6) is 5.75 Å². The van der Waals surface area contributed by atoms with Gasteiger partial charge in [-0.05, 0) is 37.6 Å². The molecule has 0 amide bonds. The number of methoxy groups -OCH3 is 1. The molecule has 0 aliphatic carbocycles. The Morgan fingerprint density at radius 3 is 2.78 bits per heavy atom. The van der Waals surface area contributed by atoms with Gasteiger partial charge in [-0.15, -0.1) is 0 Å². The van der Waals surface area contributed by atoms with Crippen LogP contribution in [0.3, 0.4) is 0 Å². The molecule has 0 spiro atoms. The molecule has 0 saturated heterocycles. The van der Waals surface area contributed by atoms with Gasteiger partial charge in [0.15, 0.2) is 0 Å². The predicted molar refractivity (Wildman–Crippen MR) is 68.0 cm³/mol. The Balaban J connectivity index is 3.02. The molecular formula is C14H15NO3. The van der Waals surface area contributed by atoms with E-state index in [2.05, 4.69) is 0 Å². The lowest BCUT2D eigenvalue weighted by molar-refractivity contribution is -0.138. The maximum absolute atomic E-state index is 11.4. The molecule has 0 aliphatic rings. The van der Waals surface area contributed by atoms with Crippen molar-refractivity contribution < 1.29 is 14.3 Å². The first-order valence-corrected chi connectivity index (χ1v) is 5.56. The van der Waals surface area contributed by atoms with Crippen molar-refractivity contribution in [3.05, 3.63) is 34.9 Å². The Morgan fingerprint density at radius 2 is 2.22 bits per heavy atom. The third-order valence-corrected chi connectivity index (χ3v) is 2.32. The normalized spacial score (nSPS) is 10.7. The molecule has 0 radical (unpaired) electrons. The van der Waals surface area contributed by atoms with E-state index < -0.39 is 0 Å². The topological polar surface area (TPSA) is 59.3 Å². The van der Waals surface area contributed by atoms with E-state index in [4.69, 9.17) is 14.7 Å². The van der Waals surface area contributed by atoms with E-state index in [1.54, 1.807) is 38.1 Å². The third-order valence-electron chi connectivity index (χ3n) is 2.32. The summed E-state index contributed by atoms with van der Waals surface area (Å²) in [4.78, 5) is 11.4. The van der Waals surface area contributed by atoms with Crippen molar-refractivity contribution in [2.75, 3.05) is 13.7 Å². The predicted octanol–water partition coefficient (Wildman–Crippen LogP) is 2.53.